The largest absolute Gasteiger partial charge is 0.378 e. The standard InChI is InChI=1S/C26H28N8O2/c1-32(2)25(35)24-23(28-20-7-10-27-11-8-20)22(29-26(30-24)34-13-15-36-16-14-34)19-6-4-5-18(17-19)21-9-12-33(3)31-21/h4-12,17H,13-16H2,1-3H3,(H,27,28). The van der Waals surface area contributed by atoms with Crippen molar-refractivity contribution in [1.29, 1.82) is 0 Å². The number of morpholine rings is 1. The highest BCUT2D eigenvalue weighted by molar-refractivity contribution is 6.02. The van der Waals surface area contributed by atoms with Crippen LogP contribution in [0.25, 0.3) is 22.5 Å². The minimum atomic E-state index is -0.217. The summed E-state index contributed by atoms with van der Waals surface area (Å²) in [5, 5.41) is 7.94. The number of aryl methyl sites for hydroxylation is 1. The number of nitrogens with one attached hydrogen (secondary N) is 1. The monoisotopic (exact) mass is 484 g/mol. The fourth-order valence-corrected chi connectivity index (χ4v) is 4.02. The van der Waals surface area contributed by atoms with Gasteiger partial charge in [-0.3, -0.25) is 14.5 Å². The van der Waals surface area contributed by atoms with E-state index in [1.807, 2.05) is 55.7 Å². The topological polar surface area (TPSA) is 101 Å². The molecule has 1 amide bonds. The van der Waals surface area contributed by atoms with Crippen LogP contribution in [0.2, 0.25) is 0 Å². The molecule has 1 N–H and O–H groups in total. The van der Waals surface area contributed by atoms with Gasteiger partial charge in [0.2, 0.25) is 5.95 Å². The van der Waals surface area contributed by atoms with Crippen LogP contribution < -0.4 is 10.2 Å². The first-order chi connectivity index (χ1) is 17.5. The van der Waals surface area contributed by atoms with E-state index >= 15 is 0 Å². The van der Waals surface area contributed by atoms with Gasteiger partial charge in [-0.1, -0.05) is 18.2 Å². The number of pyridine rings is 1. The summed E-state index contributed by atoms with van der Waals surface area (Å²) < 4.78 is 7.29. The van der Waals surface area contributed by atoms with E-state index in [0.29, 0.717) is 49.3 Å². The van der Waals surface area contributed by atoms with Gasteiger partial charge in [0.25, 0.3) is 5.91 Å². The number of nitrogens with zero attached hydrogens (tertiary/aromatic N) is 7. The Hall–Kier alpha value is -4.31. The SMILES string of the molecule is CN(C)C(=O)c1nc(N2CCOCC2)nc(-c2cccc(-c3ccn(C)n3)c2)c1Nc1ccncc1. The fraction of sp³-hybridized carbons (Fsp3) is 0.269. The number of amides is 1. The van der Waals surface area contributed by atoms with E-state index in [2.05, 4.69) is 20.3 Å². The van der Waals surface area contributed by atoms with Gasteiger partial charge in [-0.2, -0.15) is 5.10 Å². The molecule has 4 aromatic rings. The second-order valence-corrected chi connectivity index (χ2v) is 8.71. The molecule has 5 rings (SSSR count). The van der Waals surface area contributed by atoms with Gasteiger partial charge >= 0.3 is 0 Å². The zero-order valence-electron chi connectivity index (χ0n) is 20.5. The number of rotatable bonds is 6. The van der Waals surface area contributed by atoms with Crippen LogP contribution in [0.1, 0.15) is 10.5 Å². The van der Waals surface area contributed by atoms with Crippen LogP contribution in [0.3, 0.4) is 0 Å². The Morgan fingerprint density at radius 1 is 1.03 bits per heavy atom. The lowest BCUT2D eigenvalue weighted by molar-refractivity contribution is 0.0823. The highest BCUT2D eigenvalue weighted by Gasteiger charge is 2.26. The number of anilines is 3. The molecule has 0 bridgehead atoms. The van der Waals surface area contributed by atoms with Gasteiger partial charge in [0, 0.05) is 69.6 Å². The molecule has 3 aromatic heterocycles. The molecule has 0 aliphatic carbocycles. The number of carbonyl (C=O) groups is 1. The molecule has 0 spiro atoms. The van der Waals surface area contributed by atoms with Crippen molar-refractivity contribution in [3.05, 3.63) is 66.7 Å². The van der Waals surface area contributed by atoms with Gasteiger partial charge in [-0.05, 0) is 24.3 Å². The Bertz CT molecular complexity index is 1360. The average Bonchev–Trinajstić information content (AvgIpc) is 3.35. The first kappa shape index (κ1) is 23.4. The average molecular weight is 485 g/mol. The lowest BCUT2D eigenvalue weighted by Gasteiger charge is -2.28. The van der Waals surface area contributed by atoms with Crippen molar-refractivity contribution in [3.8, 4) is 22.5 Å². The van der Waals surface area contributed by atoms with Crippen molar-refractivity contribution >= 4 is 23.2 Å². The molecule has 1 aliphatic rings. The fourth-order valence-electron chi connectivity index (χ4n) is 4.02. The van der Waals surface area contributed by atoms with Crippen LogP contribution in [0.15, 0.2) is 61.1 Å². The summed E-state index contributed by atoms with van der Waals surface area (Å²) in [4.78, 5) is 30.8. The molecule has 1 saturated heterocycles. The van der Waals surface area contributed by atoms with Crippen molar-refractivity contribution in [1.82, 2.24) is 29.6 Å². The van der Waals surface area contributed by atoms with Crippen LogP contribution in [0, 0.1) is 0 Å². The molecule has 4 heterocycles. The Morgan fingerprint density at radius 3 is 2.47 bits per heavy atom. The molecule has 1 aromatic carbocycles. The third kappa shape index (κ3) is 4.89. The van der Waals surface area contributed by atoms with Crippen molar-refractivity contribution < 1.29 is 9.53 Å². The predicted octanol–water partition coefficient (Wildman–Crippen LogP) is 3.22. The lowest BCUT2D eigenvalue weighted by atomic mass is 10.0. The zero-order chi connectivity index (χ0) is 25.1. The summed E-state index contributed by atoms with van der Waals surface area (Å²) >= 11 is 0. The number of benzene rings is 1. The lowest BCUT2D eigenvalue weighted by Crippen LogP contribution is -2.38. The molecule has 0 unspecified atom stereocenters. The normalized spacial score (nSPS) is 13.5. The molecular weight excluding hydrogens is 456 g/mol. The summed E-state index contributed by atoms with van der Waals surface area (Å²) in [6.07, 6.45) is 5.30. The van der Waals surface area contributed by atoms with E-state index in [1.54, 1.807) is 31.2 Å². The van der Waals surface area contributed by atoms with Crippen LogP contribution in [0.4, 0.5) is 17.3 Å². The van der Waals surface area contributed by atoms with Gasteiger partial charge in [0.05, 0.1) is 24.6 Å². The summed E-state index contributed by atoms with van der Waals surface area (Å²) in [5.74, 6) is 0.285. The molecule has 10 nitrogen and oxygen atoms in total. The summed E-state index contributed by atoms with van der Waals surface area (Å²) in [7, 11) is 5.33. The smallest absolute Gasteiger partial charge is 0.274 e. The molecule has 1 aliphatic heterocycles. The van der Waals surface area contributed by atoms with Crippen LogP contribution >= 0.6 is 0 Å². The Kier molecular flexibility index (Phi) is 6.59. The van der Waals surface area contributed by atoms with Crippen molar-refractivity contribution in [2.75, 3.05) is 50.6 Å². The predicted molar refractivity (Wildman–Crippen MR) is 138 cm³/mol. The molecule has 10 heteroatoms. The zero-order valence-corrected chi connectivity index (χ0v) is 20.5. The van der Waals surface area contributed by atoms with Crippen LogP contribution in [0.5, 0.6) is 0 Å². The second kappa shape index (κ2) is 10.1. The first-order valence-corrected chi connectivity index (χ1v) is 11.7. The van der Waals surface area contributed by atoms with Gasteiger partial charge in [0.15, 0.2) is 5.69 Å². The minimum Gasteiger partial charge on any atom is -0.378 e. The van der Waals surface area contributed by atoms with Crippen molar-refractivity contribution in [2.45, 2.75) is 0 Å². The van der Waals surface area contributed by atoms with E-state index in [-0.39, 0.29) is 5.91 Å². The maximum Gasteiger partial charge on any atom is 0.274 e. The Morgan fingerprint density at radius 2 is 1.78 bits per heavy atom. The van der Waals surface area contributed by atoms with E-state index in [1.165, 1.54) is 4.90 Å². The number of ether oxygens (including phenoxy) is 1. The maximum atomic E-state index is 13.4. The molecular formula is C26H28N8O2. The highest BCUT2D eigenvalue weighted by Crippen LogP contribution is 2.35. The second-order valence-electron chi connectivity index (χ2n) is 8.71. The highest BCUT2D eigenvalue weighted by atomic mass is 16.5. The number of hydrogen-bond acceptors (Lipinski definition) is 8. The van der Waals surface area contributed by atoms with E-state index < -0.39 is 0 Å². The Labute approximate surface area is 209 Å². The van der Waals surface area contributed by atoms with Gasteiger partial charge in [-0.15, -0.1) is 0 Å². The van der Waals surface area contributed by atoms with E-state index in [0.717, 1.165) is 22.5 Å². The number of hydrogen-bond donors (Lipinski definition) is 1. The van der Waals surface area contributed by atoms with Crippen molar-refractivity contribution in [3.63, 3.8) is 0 Å². The quantitative estimate of drug-likeness (QED) is 0.445. The first-order valence-electron chi connectivity index (χ1n) is 11.7. The molecule has 0 radical (unpaired) electrons. The minimum absolute atomic E-state index is 0.217. The third-order valence-corrected chi connectivity index (χ3v) is 5.89. The molecule has 1 fully saturated rings. The van der Waals surface area contributed by atoms with Crippen LogP contribution in [-0.2, 0) is 11.8 Å². The van der Waals surface area contributed by atoms with E-state index in [4.69, 9.17) is 14.7 Å². The Balaban J connectivity index is 1.71. The van der Waals surface area contributed by atoms with Gasteiger partial charge in [0.1, 0.15) is 5.69 Å². The van der Waals surface area contributed by atoms with Gasteiger partial charge < -0.3 is 19.9 Å². The molecule has 0 saturated carbocycles. The van der Waals surface area contributed by atoms with Gasteiger partial charge in [-0.25, -0.2) is 9.97 Å². The maximum absolute atomic E-state index is 13.4. The summed E-state index contributed by atoms with van der Waals surface area (Å²) in [6.45, 7) is 2.48. The summed E-state index contributed by atoms with van der Waals surface area (Å²) in [5.41, 5.74) is 4.90. The van der Waals surface area contributed by atoms with Crippen LogP contribution in [-0.4, -0.2) is 75.9 Å². The molecule has 36 heavy (non-hydrogen) atoms. The molecule has 0 atom stereocenters. The number of carbonyl (C=O) groups excluding carboxylic acids is 1. The third-order valence-electron chi connectivity index (χ3n) is 5.89. The number of aromatic nitrogens is 5. The van der Waals surface area contributed by atoms with Crippen molar-refractivity contribution in [2.24, 2.45) is 7.05 Å². The summed E-state index contributed by atoms with van der Waals surface area (Å²) in [6, 6.07) is 13.7. The molecule has 184 valence electrons. The van der Waals surface area contributed by atoms with E-state index in [9.17, 15) is 4.79 Å².